The summed E-state index contributed by atoms with van der Waals surface area (Å²) < 4.78 is 11.0. The van der Waals surface area contributed by atoms with E-state index < -0.39 is 0 Å². The molecule has 4 nitrogen and oxygen atoms in total. The summed E-state index contributed by atoms with van der Waals surface area (Å²) in [5.74, 6) is 0.797. The van der Waals surface area contributed by atoms with E-state index >= 15 is 0 Å². The van der Waals surface area contributed by atoms with Crippen molar-refractivity contribution >= 4 is 5.97 Å². The maximum Gasteiger partial charge on any atom is 0.303 e. The number of carbonyl (C=O) groups is 1. The second-order valence-electron chi connectivity index (χ2n) is 4.81. The summed E-state index contributed by atoms with van der Waals surface area (Å²) in [6.45, 7) is 1.47. The van der Waals surface area contributed by atoms with Crippen LogP contribution in [0.2, 0.25) is 0 Å². The largest absolute Gasteiger partial charge is 0.459 e. The van der Waals surface area contributed by atoms with Crippen LogP contribution in [0.4, 0.5) is 0 Å². The van der Waals surface area contributed by atoms with Gasteiger partial charge in [-0.05, 0) is 12.1 Å². The molecule has 2 aromatic carbocycles. The summed E-state index contributed by atoms with van der Waals surface area (Å²) in [6.07, 6.45) is 0. The predicted octanol–water partition coefficient (Wildman–Crippen LogP) is 4.07. The van der Waals surface area contributed by atoms with E-state index in [2.05, 4.69) is 4.98 Å². The van der Waals surface area contributed by atoms with Crippen LogP contribution in [0, 0.1) is 0 Å². The minimum atomic E-state index is -0.344. The molecule has 0 aliphatic carbocycles. The molecule has 0 aliphatic heterocycles. The van der Waals surface area contributed by atoms with Gasteiger partial charge < -0.3 is 9.15 Å². The first-order chi connectivity index (χ1) is 10.7. The average Bonchev–Trinajstić information content (AvgIpc) is 2.99. The Bertz CT molecular complexity index is 764. The lowest BCUT2D eigenvalue weighted by Crippen LogP contribution is -2.00. The minimum absolute atomic E-state index is 0.0931. The third-order valence-corrected chi connectivity index (χ3v) is 3.17. The van der Waals surface area contributed by atoms with Gasteiger partial charge in [-0.1, -0.05) is 48.5 Å². The summed E-state index contributed by atoms with van der Waals surface area (Å²) in [4.78, 5) is 15.5. The van der Waals surface area contributed by atoms with E-state index in [4.69, 9.17) is 9.15 Å². The first kappa shape index (κ1) is 14.1. The molecule has 0 saturated carbocycles. The van der Waals surface area contributed by atoms with Crippen LogP contribution in [0.25, 0.3) is 22.8 Å². The summed E-state index contributed by atoms with van der Waals surface area (Å²) in [5, 5.41) is 0. The number of nitrogens with zero attached hydrogens (tertiary/aromatic N) is 1. The molecule has 0 radical (unpaired) electrons. The fourth-order valence-corrected chi connectivity index (χ4v) is 2.14. The Balaban J connectivity index is 2.03. The van der Waals surface area contributed by atoms with Gasteiger partial charge in [0.15, 0.2) is 5.76 Å². The van der Waals surface area contributed by atoms with Gasteiger partial charge in [0.1, 0.15) is 12.3 Å². The fourth-order valence-electron chi connectivity index (χ4n) is 2.14. The first-order valence-electron chi connectivity index (χ1n) is 6.98. The molecule has 0 fully saturated rings. The van der Waals surface area contributed by atoms with E-state index in [1.807, 2.05) is 60.7 Å². The zero-order chi connectivity index (χ0) is 15.4. The quantitative estimate of drug-likeness (QED) is 0.680. The highest BCUT2D eigenvalue weighted by Crippen LogP contribution is 2.30. The van der Waals surface area contributed by atoms with Crippen molar-refractivity contribution in [2.45, 2.75) is 13.5 Å². The van der Waals surface area contributed by atoms with Crippen molar-refractivity contribution in [3.05, 3.63) is 66.4 Å². The molecule has 0 spiro atoms. The summed E-state index contributed by atoms with van der Waals surface area (Å²) in [5.41, 5.74) is 2.40. The van der Waals surface area contributed by atoms with Gasteiger partial charge in [-0.3, -0.25) is 4.79 Å². The Kier molecular flexibility index (Phi) is 4.01. The van der Waals surface area contributed by atoms with E-state index in [-0.39, 0.29) is 12.6 Å². The van der Waals surface area contributed by atoms with Crippen molar-refractivity contribution in [2.75, 3.05) is 0 Å². The molecule has 1 heterocycles. The highest BCUT2D eigenvalue weighted by Gasteiger charge is 2.17. The van der Waals surface area contributed by atoms with Crippen LogP contribution in [0.1, 0.15) is 12.6 Å². The lowest BCUT2D eigenvalue weighted by Gasteiger charge is -2.01. The van der Waals surface area contributed by atoms with Crippen LogP contribution >= 0.6 is 0 Å². The Hall–Kier alpha value is -2.88. The molecule has 0 saturated heterocycles. The van der Waals surface area contributed by atoms with Crippen molar-refractivity contribution in [3.8, 4) is 22.8 Å². The molecule has 0 N–H and O–H groups in total. The summed E-state index contributed by atoms with van der Waals surface area (Å²) in [6, 6.07) is 19.3. The average molecular weight is 293 g/mol. The number of rotatable bonds is 4. The zero-order valence-electron chi connectivity index (χ0n) is 12.2. The van der Waals surface area contributed by atoms with E-state index in [0.29, 0.717) is 17.3 Å². The Morgan fingerprint density at radius 2 is 1.59 bits per heavy atom. The molecular weight excluding hydrogens is 278 g/mol. The Morgan fingerprint density at radius 1 is 1.00 bits per heavy atom. The molecule has 22 heavy (non-hydrogen) atoms. The molecule has 0 amide bonds. The second kappa shape index (κ2) is 6.26. The van der Waals surface area contributed by atoms with Crippen molar-refractivity contribution in [1.82, 2.24) is 4.98 Å². The Labute approximate surface area is 128 Å². The predicted molar refractivity (Wildman–Crippen MR) is 82.8 cm³/mol. The normalized spacial score (nSPS) is 10.4. The van der Waals surface area contributed by atoms with E-state index in [9.17, 15) is 4.79 Å². The molecule has 3 rings (SSSR count). The molecule has 3 aromatic rings. The first-order valence-corrected chi connectivity index (χ1v) is 6.98. The number of hydrogen-bond acceptors (Lipinski definition) is 4. The standard InChI is InChI=1S/C18H15NO3/c1-13(20)21-12-16-17(14-8-4-2-5-9-14)22-18(19-16)15-10-6-3-7-11-15/h2-11H,12H2,1H3. The third kappa shape index (κ3) is 3.06. The number of oxazole rings is 1. The van der Waals surface area contributed by atoms with Crippen LogP contribution in [-0.4, -0.2) is 11.0 Å². The number of hydrogen-bond donors (Lipinski definition) is 0. The Morgan fingerprint density at radius 3 is 2.18 bits per heavy atom. The number of ether oxygens (including phenoxy) is 1. The van der Waals surface area contributed by atoms with Crippen LogP contribution in [0.3, 0.4) is 0 Å². The van der Waals surface area contributed by atoms with E-state index in [1.54, 1.807) is 0 Å². The maximum absolute atomic E-state index is 11.1. The van der Waals surface area contributed by atoms with Crippen LogP contribution < -0.4 is 0 Å². The van der Waals surface area contributed by atoms with Gasteiger partial charge in [0.05, 0.1) is 0 Å². The molecule has 0 atom stereocenters. The highest BCUT2D eigenvalue weighted by atomic mass is 16.5. The molecular formula is C18H15NO3. The monoisotopic (exact) mass is 293 g/mol. The molecule has 1 aromatic heterocycles. The SMILES string of the molecule is CC(=O)OCc1nc(-c2ccccc2)oc1-c1ccccc1. The molecule has 110 valence electrons. The maximum atomic E-state index is 11.1. The van der Waals surface area contributed by atoms with Gasteiger partial charge in [0.2, 0.25) is 5.89 Å². The smallest absolute Gasteiger partial charge is 0.303 e. The van der Waals surface area contributed by atoms with Crippen molar-refractivity contribution in [2.24, 2.45) is 0 Å². The number of esters is 1. The molecule has 0 unspecified atom stereocenters. The van der Waals surface area contributed by atoms with Gasteiger partial charge in [0, 0.05) is 18.1 Å². The van der Waals surface area contributed by atoms with Gasteiger partial charge in [-0.2, -0.15) is 0 Å². The number of carbonyl (C=O) groups excluding carboxylic acids is 1. The van der Waals surface area contributed by atoms with Crippen molar-refractivity contribution in [1.29, 1.82) is 0 Å². The molecule has 4 heteroatoms. The fraction of sp³-hybridized carbons (Fsp3) is 0.111. The van der Waals surface area contributed by atoms with Gasteiger partial charge in [-0.25, -0.2) is 4.98 Å². The van der Waals surface area contributed by atoms with E-state index in [1.165, 1.54) is 6.92 Å². The lowest BCUT2D eigenvalue weighted by atomic mass is 10.1. The van der Waals surface area contributed by atoms with Crippen molar-refractivity contribution in [3.63, 3.8) is 0 Å². The third-order valence-electron chi connectivity index (χ3n) is 3.17. The summed E-state index contributed by atoms with van der Waals surface area (Å²) >= 11 is 0. The van der Waals surface area contributed by atoms with Crippen molar-refractivity contribution < 1.29 is 13.9 Å². The molecule has 0 bridgehead atoms. The number of aromatic nitrogens is 1. The topological polar surface area (TPSA) is 52.3 Å². The van der Waals surface area contributed by atoms with Gasteiger partial charge in [0.25, 0.3) is 0 Å². The van der Waals surface area contributed by atoms with Crippen LogP contribution in [0.15, 0.2) is 65.1 Å². The molecule has 0 aliphatic rings. The van der Waals surface area contributed by atoms with E-state index in [0.717, 1.165) is 11.1 Å². The van der Waals surface area contributed by atoms with Crippen LogP contribution in [-0.2, 0) is 16.1 Å². The summed E-state index contributed by atoms with van der Waals surface area (Å²) in [7, 11) is 0. The van der Waals surface area contributed by atoms with Gasteiger partial charge >= 0.3 is 5.97 Å². The zero-order valence-corrected chi connectivity index (χ0v) is 12.2. The van der Waals surface area contributed by atoms with Gasteiger partial charge in [-0.15, -0.1) is 0 Å². The number of benzene rings is 2. The lowest BCUT2D eigenvalue weighted by molar-refractivity contribution is -0.142. The van der Waals surface area contributed by atoms with Crippen LogP contribution in [0.5, 0.6) is 0 Å². The second-order valence-corrected chi connectivity index (χ2v) is 4.81. The minimum Gasteiger partial charge on any atom is -0.459 e. The highest BCUT2D eigenvalue weighted by molar-refractivity contribution is 5.67.